The first-order valence-corrected chi connectivity index (χ1v) is 10.3. The Morgan fingerprint density at radius 3 is 2.26 bits per heavy atom. The molecule has 0 saturated carbocycles. The molecule has 0 aliphatic rings. The first-order chi connectivity index (χ1) is 14.2. The molecule has 3 N–H and O–H groups in total. The van der Waals surface area contributed by atoms with Gasteiger partial charge in [0.15, 0.2) is 5.69 Å². The van der Waals surface area contributed by atoms with Gasteiger partial charge in [0.05, 0.1) is 4.88 Å². The Balaban J connectivity index is 1.94. The van der Waals surface area contributed by atoms with Gasteiger partial charge in [-0.15, -0.1) is 24.5 Å². The van der Waals surface area contributed by atoms with Gasteiger partial charge in [0, 0.05) is 5.69 Å². The summed E-state index contributed by atoms with van der Waals surface area (Å²) in [7, 11) is -6.13. The van der Waals surface area contributed by atoms with E-state index in [2.05, 4.69) is 9.82 Å². The molecule has 2 heterocycles. The van der Waals surface area contributed by atoms with Crippen LogP contribution in [-0.2, 0) is 22.5 Å². The van der Waals surface area contributed by atoms with Crippen LogP contribution < -0.4 is 10.2 Å². The number of alkyl halides is 6. The lowest BCUT2D eigenvalue weighted by molar-refractivity contribution is -0.229. The highest BCUT2D eigenvalue weighted by molar-refractivity contribution is 7.94. The molecule has 2 aromatic heterocycles. The Kier molecular flexibility index (Phi) is 5.85. The van der Waals surface area contributed by atoms with Crippen molar-refractivity contribution in [1.82, 2.24) is 9.78 Å². The molecule has 16 heteroatoms. The zero-order chi connectivity index (χ0) is 23.2. The van der Waals surface area contributed by atoms with Gasteiger partial charge in [0.1, 0.15) is 9.90 Å². The quantitative estimate of drug-likeness (QED) is 0.381. The van der Waals surface area contributed by atoms with Crippen LogP contribution in [0.3, 0.4) is 0 Å². The fourth-order valence-electron chi connectivity index (χ4n) is 2.47. The number of halogens is 6. The van der Waals surface area contributed by atoms with Gasteiger partial charge >= 0.3 is 19.6 Å². The van der Waals surface area contributed by atoms with Crippen molar-refractivity contribution in [2.45, 2.75) is 16.7 Å². The van der Waals surface area contributed by atoms with Crippen molar-refractivity contribution in [3.05, 3.63) is 48.2 Å². The van der Waals surface area contributed by atoms with E-state index in [4.69, 9.17) is 10.0 Å². The Morgan fingerprint density at radius 1 is 1.03 bits per heavy atom. The van der Waals surface area contributed by atoms with Gasteiger partial charge in [-0.1, -0.05) is 12.1 Å². The fraction of sp³-hybridized carbons (Fsp3) is 0.133. The van der Waals surface area contributed by atoms with E-state index in [0.717, 1.165) is 18.2 Å². The largest absolute Gasteiger partial charge is 0.505 e. The van der Waals surface area contributed by atoms with Crippen molar-refractivity contribution < 1.29 is 44.8 Å². The Morgan fingerprint density at radius 2 is 1.71 bits per heavy atom. The average Bonchev–Trinajstić information content (AvgIpc) is 3.28. The molecule has 0 atom stereocenters. The zero-order valence-electron chi connectivity index (χ0n) is 14.8. The van der Waals surface area contributed by atoms with E-state index in [0.29, 0.717) is 11.3 Å². The van der Waals surface area contributed by atoms with Gasteiger partial charge in [-0.25, -0.2) is 8.42 Å². The van der Waals surface area contributed by atoms with E-state index in [1.165, 1.54) is 18.2 Å². The van der Waals surface area contributed by atoms with Crippen LogP contribution in [0.15, 0.2) is 46.7 Å². The van der Waals surface area contributed by atoms with Crippen molar-refractivity contribution in [1.29, 1.82) is 0 Å². The summed E-state index contributed by atoms with van der Waals surface area (Å²) in [6, 6.07) is 7.30. The molecule has 0 radical (unpaired) electrons. The third-order valence-corrected chi connectivity index (χ3v) is 6.76. The van der Waals surface area contributed by atoms with Crippen LogP contribution in [-0.4, -0.2) is 35.4 Å². The topological polar surface area (TPSA) is 104 Å². The summed E-state index contributed by atoms with van der Waals surface area (Å²) in [5.41, 5.74) is -2.81. The van der Waals surface area contributed by atoms with E-state index in [-0.39, 0.29) is 22.1 Å². The predicted molar refractivity (Wildman–Crippen MR) is 98.9 cm³/mol. The number of nitrogens with one attached hydrogen (secondary N) is 1. The third kappa shape index (κ3) is 5.03. The lowest BCUT2D eigenvalue weighted by atomic mass is 9.80. The normalized spacial score (nSPS) is 12.8. The minimum Gasteiger partial charge on any atom is -0.423 e. The smallest absolute Gasteiger partial charge is 0.423 e. The lowest BCUT2D eigenvalue weighted by Crippen LogP contribution is -2.30. The first kappa shape index (κ1) is 23.1. The molecule has 31 heavy (non-hydrogen) atoms. The number of rotatable bonds is 5. The highest BCUT2D eigenvalue weighted by Crippen LogP contribution is 2.39. The van der Waals surface area contributed by atoms with Crippen LogP contribution in [0.1, 0.15) is 5.69 Å². The highest BCUT2D eigenvalue weighted by atomic mass is 32.2. The maximum atomic E-state index is 12.9. The molecule has 0 fully saturated rings. The molecule has 0 unspecified atom stereocenters. The predicted octanol–water partition coefficient (Wildman–Crippen LogP) is 2.59. The van der Waals surface area contributed by atoms with Crippen LogP contribution in [0.2, 0.25) is 0 Å². The van der Waals surface area contributed by atoms with Crippen LogP contribution in [0, 0.1) is 0 Å². The van der Waals surface area contributed by atoms with Crippen molar-refractivity contribution in [3.63, 3.8) is 0 Å². The monoisotopic (exact) mass is 485 g/mol. The molecule has 0 spiro atoms. The number of benzene rings is 1. The van der Waals surface area contributed by atoms with Gasteiger partial charge in [-0.3, -0.25) is 4.72 Å². The molecule has 166 valence electrons. The fourth-order valence-corrected chi connectivity index (χ4v) is 4.78. The van der Waals surface area contributed by atoms with E-state index in [9.17, 15) is 34.8 Å². The highest BCUT2D eigenvalue weighted by Gasteiger charge is 2.45. The summed E-state index contributed by atoms with van der Waals surface area (Å²) >= 11 is 0.406. The molecule has 3 rings (SSSR count). The molecule has 0 saturated heterocycles. The second kappa shape index (κ2) is 7.85. The number of sulfonamides is 1. The summed E-state index contributed by atoms with van der Waals surface area (Å²) in [5.74, 6) is 0. The van der Waals surface area contributed by atoms with Crippen molar-refractivity contribution in [2.24, 2.45) is 0 Å². The molecule has 0 amide bonds. The second-order valence-corrected chi connectivity index (χ2v) is 9.01. The number of anilines is 1. The molecule has 3 aromatic rings. The molecule has 1 aromatic carbocycles. The molecule has 0 bridgehead atoms. The van der Waals surface area contributed by atoms with Crippen molar-refractivity contribution in [2.75, 3.05) is 4.72 Å². The van der Waals surface area contributed by atoms with Gasteiger partial charge < -0.3 is 10.0 Å². The molecule has 7 nitrogen and oxygen atoms in total. The van der Waals surface area contributed by atoms with Crippen LogP contribution in [0.4, 0.5) is 32.0 Å². The van der Waals surface area contributed by atoms with Crippen LogP contribution in [0.25, 0.3) is 10.6 Å². The van der Waals surface area contributed by atoms with Crippen LogP contribution in [0.5, 0.6) is 0 Å². The summed E-state index contributed by atoms with van der Waals surface area (Å²) in [6.07, 6.45) is -10.8. The van der Waals surface area contributed by atoms with Gasteiger partial charge in [-0.05, 0) is 35.8 Å². The molecule has 0 aliphatic carbocycles. The Bertz CT molecular complexity index is 1170. The summed E-state index contributed by atoms with van der Waals surface area (Å²) < 4.78 is 103. The summed E-state index contributed by atoms with van der Waals surface area (Å²) in [5, 5.41) is 21.2. The maximum Gasteiger partial charge on any atom is 0.505 e. The standard InChI is InChI=1S/C15H10BF6N3O4S2/c17-14(18,19)12-7-10(23-25(12)15(20,21)22)11-4-5-13(30-11)31(28,29)24-9-3-1-2-8(6-9)16(26)27/h1-7,24,26-27H. The first-order valence-electron chi connectivity index (χ1n) is 8.02. The summed E-state index contributed by atoms with van der Waals surface area (Å²) in [6.45, 7) is 0. The van der Waals surface area contributed by atoms with E-state index in [1.54, 1.807) is 0 Å². The SMILES string of the molecule is O=S(=O)(Nc1cccc(B(O)O)c1)c1ccc(-c2cc(C(F)(F)F)n(C(F)(F)F)n2)s1. The van der Waals surface area contributed by atoms with E-state index >= 15 is 0 Å². The summed E-state index contributed by atoms with van der Waals surface area (Å²) in [4.78, 5) is -0.242. The van der Waals surface area contributed by atoms with Crippen molar-refractivity contribution >= 4 is 39.6 Å². The number of hydrogen-bond acceptors (Lipinski definition) is 6. The zero-order valence-corrected chi connectivity index (χ0v) is 16.4. The Hall–Kier alpha value is -2.56. The Labute approximate surface area is 174 Å². The minimum atomic E-state index is -5.43. The average molecular weight is 485 g/mol. The minimum absolute atomic E-state index is 0.00978. The van der Waals surface area contributed by atoms with Gasteiger partial charge in [0.2, 0.25) is 0 Å². The van der Waals surface area contributed by atoms with E-state index < -0.39 is 49.9 Å². The lowest BCUT2D eigenvalue weighted by Gasteiger charge is -2.12. The van der Waals surface area contributed by atoms with Gasteiger partial charge in [-0.2, -0.15) is 23.0 Å². The number of thiophene rings is 1. The number of nitrogens with zero attached hydrogens (tertiary/aromatic N) is 2. The maximum absolute atomic E-state index is 12.9. The number of hydrogen-bond donors (Lipinski definition) is 3. The van der Waals surface area contributed by atoms with Crippen molar-refractivity contribution in [3.8, 4) is 10.6 Å². The van der Waals surface area contributed by atoms with E-state index in [1.807, 2.05) is 0 Å². The molecular formula is C15H10BF6N3O4S2. The second-order valence-electron chi connectivity index (χ2n) is 6.02. The number of aromatic nitrogens is 2. The van der Waals surface area contributed by atoms with Crippen LogP contribution >= 0.6 is 11.3 Å². The molecular weight excluding hydrogens is 475 g/mol. The van der Waals surface area contributed by atoms with Gasteiger partial charge in [0.25, 0.3) is 10.0 Å². The third-order valence-electron chi connectivity index (χ3n) is 3.78. The molecule has 0 aliphatic heterocycles.